The second-order valence-electron chi connectivity index (χ2n) is 4.94. The molecule has 0 aromatic heterocycles. The van der Waals surface area contributed by atoms with E-state index in [-0.39, 0.29) is 0 Å². The fourth-order valence-corrected chi connectivity index (χ4v) is 2.14. The number of benzene rings is 1. The third-order valence-corrected chi connectivity index (χ3v) is 3.37. The summed E-state index contributed by atoms with van der Waals surface area (Å²) in [5.41, 5.74) is 1.46. The monoisotopic (exact) mass is 293 g/mol. The lowest BCUT2D eigenvalue weighted by Crippen LogP contribution is -2.18. The van der Waals surface area contributed by atoms with E-state index < -0.39 is 5.24 Å². The zero-order valence-corrected chi connectivity index (χ0v) is 13.0. The zero-order valence-electron chi connectivity index (χ0n) is 12.2. The standard InChI is InChI=1S/C17H24ClNO/c1-2-3-4-5-6-10-13-19-16(17(18)20)14-15-11-8-7-9-12-15/h7-9,11-12,14,19H,2-6,10,13H2,1H3. The molecule has 2 nitrogen and oxygen atoms in total. The van der Waals surface area contributed by atoms with Crippen LogP contribution in [0.5, 0.6) is 0 Å². The zero-order chi connectivity index (χ0) is 14.6. The smallest absolute Gasteiger partial charge is 0.268 e. The number of hydrogen-bond donors (Lipinski definition) is 1. The van der Waals surface area contributed by atoms with Gasteiger partial charge in [0, 0.05) is 6.54 Å². The molecule has 0 bridgehead atoms. The van der Waals surface area contributed by atoms with Crippen molar-refractivity contribution in [3.63, 3.8) is 0 Å². The van der Waals surface area contributed by atoms with Crippen LogP contribution >= 0.6 is 11.6 Å². The molecule has 0 unspecified atom stereocenters. The van der Waals surface area contributed by atoms with Gasteiger partial charge in [0.1, 0.15) is 0 Å². The first-order chi connectivity index (χ1) is 9.74. The molecule has 0 heterocycles. The molecule has 0 aliphatic carbocycles. The predicted molar refractivity (Wildman–Crippen MR) is 86.7 cm³/mol. The number of hydrogen-bond acceptors (Lipinski definition) is 2. The molecule has 0 aliphatic rings. The normalized spacial score (nSPS) is 11.4. The molecule has 0 amide bonds. The van der Waals surface area contributed by atoms with E-state index in [4.69, 9.17) is 11.6 Å². The maximum absolute atomic E-state index is 11.4. The Hall–Kier alpha value is -1.28. The Bertz CT molecular complexity index is 414. The van der Waals surface area contributed by atoms with Gasteiger partial charge in [-0.15, -0.1) is 0 Å². The molecular weight excluding hydrogens is 270 g/mol. The minimum absolute atomic E-state index is 0.431. The molecule has 1 aromatic rings. The maximum Gasteiger partial charge on any atom is 0.268 e. The summed E-state index contributed by atoms with van der Waals surface area (Å²) in [6, 6.07) is 9.73. The van der Waals surface area contributed by atoms with Crippen LogP contribution in [0.1, 0.15) is 51.0 Å². The molecule has 1 rings (SSSR count). The third-order valence-electron chi connectivity index (χ3n) is 3.17. The first-order valence-corrected chi connectivity index (χ1v) is 7.82. The minimum Gasteiger partial charge on any atom is -0.381 e. The summed E-state index contributed by atoms with van der Waals surface area (Å²) in [5.74, 6) is 0. The first kappa shape index (κ1) is 16.8. The molecule has 0 atom stereocenters. The second-order valence-corrected chi connectivity index (χ2v) is 5.28. The molecule has 0 radical (unpaired) electrons. The van der Waals surface area contributed by atoms with Crippen molar-refractivity contribution < 1.29 is 4.79 Å². The van der Waals surface area contributed by atoms with Crippen LogP contribution in [0, 0.1) is 0 Å². The van der Waals surface area contributed by atoms with E-state index in [1.165, 1.54) is 32.1 Å². The largest absolute Gasteiger partial charge is 0.381 e. The van der Waals surface area contributed by atoms with Crippen LogP contribution in [0.2, 0.25) is 0 Å². The molecule has 0 aliphatic heterocycles. The van der Waals surface area contributed by atoms with Gasteiger partial charge in [-0.3, -0.25) is 4.79 Å². The first-order valence-electron chi connectivity index (χ1n) is 7.44. The summed E-state index contributed by atoms with van der Waals surface area (Å²) in [5, 5.41) is 2.71. The summed E-state index contributed by atoms with van der Waals surface area (Å²) in [7, 11) is 0. The van der Waals surface area contributed by atoms with Crippen molar-refractivity contribution in [2.75, 3.05) is 6.54 Å². The van der Waals surface area contributed by atoms with Gasteiger partial charge in [-0.2, -0.15) is 0 Å². The van der Waals surface area contributed by atoms with Crippen LogP contribution in [0.25, 0.3) is 6.08 Å². The van der Waals surface area contributed by atoms with Crippen LogP contribution in [0.4, 0.5) is 0 Å². The van der Waals surface area contributed by atoms with Crippen molar-refractivity contribution in [1.82, 2.24) is 5.32 Å². The van der Waals surface area contributed by atoms with Gasteiger partial charge in [-0.25, -0.2) is 0 Å². The molecule has 3 heteroatoms. The number of carbonyl (C=O) groups is 1. The lowest BCUT2D eigenvalue weighted by molar-refractivity contribution is -0.108. The van der Waals surface area contributed by atoms with E-state index >= 15 is 0 Å². The molecule has 0 spiro atoms. The fourth-order valence-electron chi connectivity index (χ4n) is 2.02. The number of unbranched alkanes of at least 4 members (excludes halogenated alkanes) is 5. The lowest BCUT2D eigenvalue weighted by Gasteiger charge is -2.07. The molecular formula is C17H24ClNO. The van der Waals surface area contributed by atoms with E-state index in [1.807, 2.05) is 30.3 Å². The quantitative estimate of drug-likeness (QED) is 0.383. The van der Waals surface area contributed by atoms with E-state index in [2.05, 4.69) is 12.2 Å². The highest BCUT2D eigenvalue weighted by Gasteiger charge is 2.05. The van der Waals surface area contributed by atoms with E-state index in [1.54, 1.807) is 6.08 Å². The Morgan fingerprint density at radius 2 is 1.75 bits per heavy atom. The van der Waals surface area contributed by atoms with Crippen LogP contribution < -0.4 is 5.32 Å². The van der Waals surface area contributed by atoms with Crippen molar-refractivity contribution in [2.45, 2.75) is 45.4 Å². The molecule has 0 saturated heterocycles. The second kappa shape index (κ2) is 10.5. The van der Waals surface area contributed by atoms with Crippen LogP contribution in [0.15, 0.2) is 36.0 Å². The SMILES string of the molecule is CCCCCCCCNC(=Cc1ccccc1)C(=O)Cl. The molecule has 110 valence electrons. The molecule has 20 heavy (non-hydrogen) atoms. The molecule has 0 saturated carbocycles. The lowest BCUT2D eigenvalue weighted by atomic mass is 10.1. The highest BCUT2D eigenvalue weighted by molar-refractivity contribution is 6.68. The highest BCUT2D eigenvalue weighted by Crippen LogP contribution is 2.08. The number of rotatable bonds is 10. The van der Waals surface area contributed by atoms with Gasteiger partial charge >= 0.3 is 0 Å². The average Bonchev–Trinajstić information content (AvgIpc) is 2.46. The third kappa shape index (κ3) is 7.34. The Labute approximate surface area is 127 Å². The topological polar surface area (TPSA) is 29.1 Å². The summed E-state index contributed by atoms with van der Waals surface area (Å²) in [6.07, 6.45) is 9.21. The Morgan fingerprint density at radius 3 is 2.40 bits per heavy atom. The number of allylic oxidation sites excluding steroid dienone is 1. The van der Waals surface area contributed by atoms with Crippen LogP contribution in [-0.4, -0.2) is 11.8 Å². The maximum atomic E-state index is 11.4. The molecule has 1 aromatic carbocycles. The van der Waals surface area contributed by atoms with Crippen molar-refractivity contribution in [3.05, 3.63) is 41.6 Å². The Balaban J connectivity index is 2.34. The Morgan fingerprint density at radius 1 is 1.10 bits per heavy atom. The average molecular weight is 294 g/mol. The fraction of sp³-hybridized carbons (Fsp3) is 0.471. The van der Waals surface area contributed by atoms with Crippen molar-refractivity contribution in [2.24, 2.45) is 0 Å². The molecule has 1 N–H and O–H groups in total. The number of nitrogens with one attached hydrogen (secondary N) is 1. The van der Waals surface area contributed by atoms with E-state index in [0.717, 1.165) is 18.5 Å². The van der Waals surface area contributed by atoms with Crippen LogP contribution in [-0.2, 0) is 4.79 Å². The van der Waals surface area contributed by atoms with Gasteiger partial charge in [0.2, 0.25) is 0 Å². The number of halogens is 1. The van der Waals surface area contributed by atoms with Crippen molar-refractivity contribution in [1.29, 1.82) is 0 Å². The summed E-state index contributed by atoms with van der Waals surface area (Å²) >= 11 is 5.61. The van der Waals surface area contributed by atoms with Gasteiger partial charge in [0.15, 0.2) is 0 Å². The minimum atomic E-state index is -0.431. The van der Waals surface area contributed by atoms with Gasteiger partial charge in [0.25, 0.3) is 5.24 Å². The van der Waals surface area contributed by atoms with E-state index in [9.17, 15) is 4.79 Å². The highest BCUT2D eigenvalue weighted by atomic mass is 35.5. The van der Waals surface area contributed by atoms with Crippen LogP contribution in [0.3, 0.4) is 0 Å². The summed E-state index contributed by atoms with van der Waals surface area (Å²) in [6.45, 7) is 3.01. The van der Waals surface area contributed by atoms with Crippen molar-refractivity contribution >= 4 is 22.9 Å². The van der Waals surface area contributed by atoms with Gasteiger partial charge in [0.05, 0.1) is 5.70 Å². The number of carbonyl (C=O) groups excluding carboxylic acids is 1. The summed E-state index contributed by atoms with van der Waals surface area (Å²) < 4.78 is 0. The van der Waals surface area contributed by atoms with Gasteiger partial charge in [-0.1, -0.05) is 69.4 Å². The predicted octanol–water partition coefficient (Wildman–Crippen LogP) is 4.74. The summed E-state index contributed by atoms with van der Waals surface area (Å²) in [4.78, 5) is 11.4. The molecule has 0 fully saturated rings. The van der Waals surface area contributed by atoms with Crippen molar-refractivity contribution in [3.8, 4) is 0 Å². The van der Waals surface area contributed by atoms with Gasteiger partial charge in [-0.05, 0) is 29.7 Å². The Kier molecular flexibility index (Phi) is 8.81. The van der Waals surface area contributed by atoms with E-state index in [0.29, 0.717) is 5.70 Å². The van der Waals surface area contributed by atoms with Gasteiger partial charge < -0.3 is 5.32 Å².